The summed E-state index contributed by atoms with van der Waals surface area (Å²) in [5.41, 5.74) is 5.29. The predicted octanol–water partition coefficient (Wildman–Crippen LogP) is 1.87. The Morgan fingerprint density at radius 3 is 2.67 bits per heavy atom. The molecule has 21 heavy (non-hydrogen) atoms. The number of nitrogen functional groups attached to an aromatic ring is 1. The number of ether oxygens (including phenoxy) is 1. The number of hydrogen-bond donors (Lipinski definition) is 1. The standard InChI is InChI=1S/C11H11ClN6O3/c1-17(2)10-14-9(13)15-11(16-10)21-8-5-6(12)3-4-7(8)18(19)20/h3-5H,1-2H3,(H2,13,14,15,16). The molecular weight excluding hydrogens is 300 g/mol. The third-order valence-electron chi connectivity index (χ3n) is 2.34. The van der Waals surface area contributed by atoms with Gasteiger partial charge in [0.15, 0.2) is 0 Å². The molecule has 0 atom stereocenters. The van der Waals surface area contributed by atoms with Gasteiger partial charge in [-0.3, -0.25) is 10.1 Å². The molecule has 10 heteroatoms. The summed E-state index contributed by atoms with van der Waals surface area (Å²) in [6.45, 7) is 0. The summed E-state index contributed by atoms with van der Waals surface area (Å²) in [5, 5.41) is 11.2. The number of hydrogen-bond acceptors (Lipinski definition) is 8. The fourth-order valence-corrected chi connectivity index (χ4v) is 1.59. The Labute approximate surface area is 124 Å². The quantitative estimate of drug-likeness (QED) is 0.671. The molecule has 0 saturated heterocycles. The molecule has 0 unspecified atom stereocenters. The summed E-state index contributed by atoms with van der Waals surface area (Å²) >= 11 is 5.81. The topological polar surface area (TPSA) is 120 Å². The van der Waals surface area contributed by atoms with Gasteiger partial charge in [0, 0.05) is 31.3 Å². The van der Waals surface area contributed by atoms with Crippen LogP contribution in [0, 0.1) is 10.1 Å². The summed E-state index contributed by atoms with van der Waals surface area (Å²) in [4.78, 5) is 23.6. The van der Waals surface area contributed by atoms with Crippen LogP contribution in [0.25, 0.3) is 0 Å². The summed E-state index contributed by atoms with van der Waals surface area (Å²) in [6, 6.07) is 3.76. The number of nitrogens with zero attached hydrogens (tertiary/aromatic N) is 5. The Kier molecular flexibility index (Phi) is 4.03. The van der Waals surface area contributed by atoms with Crippen molar-refractivity contribution in [1.82, 2.24) is 15.0 Å². The van der Waals surface area contributed by atoms with E-state index in [2.05, 4.69) is 15.0 Å². The van der Waals surface area contributed by atoms with Gasteiger partial charge in [-0.2, -0.15) is 15.0 Å². The van der Waals surface area contributed by atoms with Crippen molar-refractivity contribution in [3.63, 3.8) is 0 Å². The maximum absolute atomic E-state index is 11.0. The van der Waals surface area contributed by atoms with E-state index >= 15 is 0 Å². The van der Waals surface area contributed by atoms with E-state index in [9.17, 15) is 10.1 Å². The molecule has 2 rings (SSSR count). The highest BCUT2D eigenvalue weighted by Crippen LogP contribution is 2.32. The van der Waals surface area contributed by atoms with Gasteiger partial charge < -0.3 is 15.4 Å². The molecule has 0 bridgehead atoms. The SMILES string of the molecule is CN(C)c1nc(N)nc(Oc2cc(Cl)ccc2[N+](=O)[O-])n1. The largest absolute Gasteiger partial charge is 0.417 e. The molecule has 2 N–H and O–H groups in total. The summed E-state index contributed by atoms with van der Waals surface area (Å²) in [5.74, 6) is 0.123. The lowest BCUT2D eigenvalue weighted by atomic mass is 10.3. The highest BCUT2D eigenvalue weighted by molar-refractivity contribution is 6.30. The van der Waals surface area contributed by atoms with E-state index in [0.717, 1.165) is 0 Å². The molecule has 0 amide bonds. The van der Waals surface area contributed by atoms with E-state index in [4.69, 9.17) is 22.1 Å². The minimum atomic E-state index is -0.594. The van der Waals surface area contributed by atoms with Crippen LogP contribution in [0.1, 0.15) is 0 Å². The lowest BCUT2D eigenvalue weighted by Crippen LogP contribution is -2.15. The third-order valence-corrected chi connectivity index (χ3v) is 2.58. The monoisotopic (exact) mass is 310 g/mol. The molecule has 1 heterocycles. The van der Waals surface area contributed by atoms with Gasteiger partial charge in [0.25, 0.3) is 0 Å². The van der Waals surface area contributed by atoms with Crippen molar-refractivity contribution in [2.45, 2.75) is 0 Å². The highest BCUT2D eigenvalue weighted by atomic mass is 35.5. The Bertz CT molecular complexity index is 694. The number of halogens is 1. The maximum Gasteiger partial charge on any atom is 0.328 e. The summed E-state index contributed by atoms with van der Waals surface area (Å²) in [7, 11) is 3.42. The second kappa shape index (κ2) is 5.75. The number of nitro groups is 1. The van der Waals surface area contributed by atoms with Gasteiger partial charge in [0.05, 0.1) is 4.92 Å². The van der Waals surface area contributed by atoms with Crippen LogP contribution >= 0.6 is 11.6 Å². The van der Waals surface area contributed by atoms with E-state index < -0.39 is 4.92 Å². The van der Waals surface area contributed by atoms with Gasteiger partial charge >= 0.3 is 11.7 Å². The van der Waals surface area contributed by atoms with Gasteiger partial charge in [-0.25, -0.2) is 0 Å². The minimum Gasteiger partial charge on any atom is -0.417 e. The number of anilines is 2. The molecule has 1 aromatic carbocycles. The van der Waals surface area contributed by atoms with Crippen LogP contribution in [0.3, 0.4) is 0 Å². The number of nitro benzene ring substituents is 1. The normalized spacial score (nSPS) is 10.2. The first-order valence-corrected chi connectivity index (χ1v) is 6.05. The van der Waals surface area contributed by atoms with Crippen molar-refractivity contribution in [3.8, 4) is 11.8 Å². The van der Waals surface area contributed by atoms with Crippen LogP contribution in [0.5, 0.6) is 11.8 Å². The van der Waals surface area contributed by atoms with Crippen molar-refractivity contribution in [2.24, 2.45) is 0 Å². The van der Waals surface area contributed by atoms with E-state index in [1.54, 1.807) is 19.0 Å². The molecule has 0 aliphatic rings. The zero-order valence-corrected chi connectivity index (χ0v) is 11.9. The average Bonchev–Trinajstić information content (AvgIpc) is 2.37. The van der Waals surface area contributed by atoms with Crippen molar-refractivity contribution >= 4 is 29.2 Å². The first-order chi connectivity index (χ1) is 9.86. The van der Waals surface area contributed by atoms with Crippen molar-refractivity contribution in [2.75, 3.05) is 24.7 Å². The van der Waals surface area contributed by atoms with Crippen molar-refractivity contribution in [1.29, 1.82) is 0 Å². The van der Waals surface area contributed by atoms with E-state index in [1.165, 1.54) is 18.2 Å². The van der Waals surface area contributed by atoms with Crippen LogP contribution in [0.15, 0.2) is 18.2 Å². The fraction of sp³-hybridized carbons (Fsp3) is 0.182. The van der Waals surface area contributed by atoms with Gasteiger partial charge in [0.2, 0.25) is 17.6 Å². The zero-order valence-electron chi connectivity index (χ0n) is 11.1. The Balaban J connectivity index is 2.42. The molecule has 1 aromatic heterocycles. The van der Waals surface area contributed by atoms with E-state index in [1.807, 2.05) is 0 Å². The summed E-state index contributed by atoms with van der Waals surface area (Å²) in [6.07, 6.45) is 0. The molecule has 110 valence electrons. The number of nitrogens with two attached hydrogens (primary N) is 1. The number of benzene rings is 1. The first-order valence-electron chi connectivity index (χ1n) is 5.67. The Morgan fingerprint density at radius 2 is 2.05 bits per heavy atom. The second-order valence-electron chi connectivity index (χ2n) is 4.14. The zero-order chi connectivity index (χ0) is 15.6. The van der Waals surface area contributed by atoms with Gasteiger partial charge in [0.1, 0.15) is 0 Å². The van der Waals surface area contributed by atoms with E-state index in [0.29, 0.717) is 0 Å². The number of aromatic nitrogens is 3. The second-order valence-corrected chi connectivity index (χ2v) is 4.58. The van der Waals surface area contributed by atoms with Gasteiger partial charge in [-0.1, -0.05) is 11.6 Å². The highest BCUT2D eigenvalue weighted by Gasteiger charge is 2.18. The molecule has 0 aliphatic heterocycles. The molecule has 0 spiro atoms. The minimum absolute atomic E-state index is 0.0617. The van der Waals surface area contributed by atoms with Crippen LogP contribution in [0.4, 0.5) is 17.6 Å². The van der Waals surface area contributed by atoms with Crippen molar-refractivity contribution in [3.05, 3.63) is 33.3 Å². The lowest BCUT2D eigenvalue weighted by Gasteiger charge is -2.11. The molecule has 2 aromatic rings. The Hall–Kier alpha value is -2.68. The molecule has 0 aliphatic carbocycles. The van der Waals surface area contributed by atoms with E-state index in [-0.39, 0.29) is 34.4 Å². The van der Waals surface area contributed by atoms with Crippen molar-refractivity contribution < 1.29 is 9.66 Å². The molecular formula is C11H11ClN6O3. The Morgan fingerprint density at radius 1 is 1.33 bits per heavy atom. The van der Waals surface area contributed by atoms with Crippen LogP contribution in [0.2, 0.25) is 5.02 Å². The van der Waals surface area contributed by atoms with Crippen LogP contribution in [-0.2, 0) is 0 Å². The van der Waals surface area contributed by atoms with Gasteiger partial charge in [-0.15, -0.1) is 0 Å². The number of rotatable bonds is 4. The fourth-order valence-electron chi connectivity index (χ4n) is 1.43. The first kappa shape index (κ1) is 14.7. The molecule has 0 fully saturated rings. The van der Waals surface area contributed by atoms with Crippen LogP contribution < -0.4 is 15.4 Å². The lowest BCUT2D eigenvalue weighted by molar-refractivity contribution is -0.385. The molecule has 0 radical (unpaired) electrons. The smallest absolute Gasteiger partial charge is 0.328 e. The summed E-state index contributed by atoms with van der Waals surface area (Å²) < 4.78 is 5.33. The molecule has 9 nitrogen and oxygen atoms in total. The third kappa shape index (κ3) is 3.45. The van der Waals surface area contributed by atoms with Crippen LogP contribution in [-0.4, -0.2) is 34.0 Å². The maximum atomic E-state index is 11.0. The van der Waals surface area contributed by atoms with Gasteiger partial charge in [-0.05, 0) is 6.07 Å². The average molecular weight is 311 g/mol. The molecule has 0 saturated carbocycles. The predicted molar refractivity (Wildman–Crippen MR) is 76.7 cm³/mol.